The van der Waals surface area contributed by atoms with Crippen molar-refractivity contribution < 1.29 is 4.79 Å². The van der Waals surface area contributed by atoms with Gasteiger partial charge in [-0.25, -0.2) is 9.97 Å². The second kappa shape index (κ2) is 7.67. The number of anilines is 3. The Morgan fingerprint density at radius 3 is 2.55 bits per heavy atom. The van der Waals surface area contributed by atoms with Crippen LogP contribution in [-0.2, 0) is 0 Å². The molecule has 0 radical (unpaired) electrons. The number of benzene rings is 2. The van der Waals surface area contributed by atoms with Gasteiger partial charge in [0.1, 0.15) is 5.69 Å². The molecule has 0 unspecified atom stereocenters. The van der Waals surface area contributed by atoms with Crippen molar-refractivity contribution >= 4 is 34.1 Å². The molecule has 1 amide bonds. The first-order valence-electron chi connectivity index (χ1n) is 9.35. The minimum absolute atomic E-state index is 0.280. The summed E-state index contributed by atoms with van der Waals surface area (Å²) in [6, 6.07) is 17.2. The zero-order valence-electron chi connectivity index (χ0n) is 16.5. The number of carbonyl (C=O) groups is 1. The second-order valence-corrected chi connectivity index (χ2v) is 6.98. The average Bonchev–Trinajstić information content (AvgIpc) is 2.70. The number of rotatable bonds is 4. The van der Waals surface area contributed by atoms with E-state index in [9.17, 15) is 4.79 Å². The number of aryl methyl sites for hydroxylation is 3. The first-order valence-corrected chi connectivity index (χ1v) is 9.35. The first kappa shape index (κ1) is 18.6. The van der Waals surface area contributed by atoms with E-state index >= 15 is 0 Å². The minimum Gasteiger partial charge on any atom is -0.322 e. The van der Waals surface area contributed by atoms with Gasteiger partial charge in [-0.05, 0) is 62.2 Å². The minimum atomic E-state index is -0.280. The lowest BCUT2D eigenvalue weighted by molar-refractivity contribution is 0.102. The van der Waals surface area contributed by atoms with E-state index in [1.54, 1.807) is 12.3 Å². The molecule has 0 aliphatic heterocycles. The molecule has 0 aliphatic carbocycles. The topological polar surface area (TPSA) is 79.8 Å². The van der Waals surface area contributed by atoms with E-state index < -0.39 is 0 Å². The molecule has 2 aromatic carbocycles. The summed E-state index contributed by atoms with van der Waals surface area (Å²) in [5.41, 5.74) is 5.63. The van der Waals surface area contributed by atoms with Crippen molar-refractivity contribution in [2.24, 2.45) is 0 Å². The fourth-order valence-corrected chi connectivity index (χ4v) is 3.08. The molecule has 0 saturated heterocycles. The van der Waals surface area contributed by atoms with Crippen LogP contribution in [0.25, 0.3) is 10.9 Å². The zero-order valence-corrected chi connectivity index (χ0v) is 16.5. The van der Waals surface area contributed by atoms with Crippen molar-refractivity contribution in [1.82, 2.24) is 15.0 Å². The molecular formula is C23H21N5O. The van der Waals surface area contributed by atoms with E-state index in [0.29, 0.717) is 17.3 Å². The highest BCUT2D eigenvalue weighted by atomic mass is 16.1. The standard InChI is InChI=1S/C23H21N5O/c1-14-9-10-18(12-15(14)2)26-22(29)20-13-16(3)25-23(28-20)27-19-8-4-6-17-7-5-11-24-21(17)19/h4-13H,1-3H3,(H,26,29)(H,25,27,28). The summed E-state index contributed by atoms with van der Waals surface area (Å²) >= 11 is 0. The summed E-state index contributed by atoms with van der Waals surface area (Å²) < 4.78 is 0. The quantitative estimate of drug-likeness (QED) is 0.521. The van der Waals surface area contributed by atoms with Gasteiger partial charge in [0.2, 0.25) is 5.95 Å². The maximum absolute atomic E-state index is 12.7. The first-order chi connectivity index (χ1) is 14.0. The summed E-state index contributed by atoms with van der Waals surface area (Å²) in [6.07, 6.45) is 1.74. The van der Waals surface area contributed by atoms with Crippen LogP contribution in [0.4, 0.5) is 17.3 Å². The number of para-hydroxylation sites is 1. The van der Waals surface area contributed by atoms with Crippen molar-refractivity contribution in [3.05, 3.63) is 83.3 Å². The van der Waals surface area contributed by atoms with Gasteiger partial charge in [-0.2, -0.15) is 0 Å². The highest BCUT2D eigenvalue weighted by molar-refractivity contribution is 6.03. The second-order valence-electron chi connectivity index (χ2n) is 6.98. The molecule has 0 fully saturated rings. The molecule has 4 aromatic rings. The Balaban J connectivity index is 1.61. The zero-order chi connectivity index (χ0) is 20.4. The molecule has 4 rings (SSSR count). The normalized spacial score (nSPS) is 10.7. The molecule has 0 spiro atoms. The van der Waals surface area contributed by atoms with Crippen molar-refractivity contribution in [3.63, 3.8) is 0 Å². The van der Waals surface area contributed by atoms with Gasteiger partial charge in [-0.15, -0.1) is 0 Å². The number of pyridine rings is 1. The van der Waals surface area contributed by atoms with Gasteiger partial charge >= 0.3 is 0 Å². The molecule has 144 valence electrons. The number of carbonyl (C=O) groups excluding carboxylic acids is 1. The van der Waals surface area contributed by atoms with Crippen LogP contribution in [0, 0.1) is 20.8 Å². The molecule has 6 heteroatoms. The Morgan fingerprint density at radius 1 is 0.897 bits per heavy atom. The number of nitrogens with one attached hydrogen (secondary N) is 2. The summed E-state index contributed by atoms with van der Waals surface area (Å²) in [5.74, 6) is 0.0752. The van der Waals surface area contributed by atoms with Crippen LogP contribution in [0.2, 0.25) is 0 Å². The van der Waals surface area contributed by atoms with Gasteiger partial charge in [0.05, 0.1) is 11.2 Å². The monoisotopic (exact) mass is 383 g/mol. The van der Waals surface area contributed by atoms with Crippen molar-refractivity contribution in [2.45, 2.75) is 20.8 Å². The van der Waals surface area contributed by atoms with Crippen LogP contribution in [0.15, 0.2) is 60.8 Å². The van der Waals surface area contributed by atoms with Crippen LogP contribution in [-0.4, -0.2) is 20.9 Å². The molecule has 6 nitrogen and oxygen atoms in total. The largest absolute Gasteiger partial charge is 0.322 e. The predicted octanol–water partition coefficient (Wildman–Crippen LogP) is 4.95. The van der Waals surface area contributed by atoms with E-state index in [1.165, 1.54) is 5.56 Å². The third kappa shape index (κ3) is 4.06. The van der Waals surface area contributed by atoms with Crippen molar-refractivity contribution in [3.8, 4) is 0 Å². The van der Waals surface area contributed by atoms with Crippen LogP contribution in [0.1, 0.15) is 27.3 Å². The Labute approximate surface area is 169 Å². The highest BCUT2D eigenvalue weighted by Crippen LogP contribution is 2.23. The Morgan fingerprint density at radius 2 is 1.72 bits per heavy atom. The SMILES string of the molecule is Cc1cc(C(=O)Nc2ccc(C)c(C)c2)nc(Nc2cccc3cccnc23)n1. The van der Waals surface area contributed by atoms with Crippen molar-refractivity contribution in [2.75, 3.05) is 10.6 Å². The number of hydrogen-bond donors (Lipinski definition) is 2. The Hall–Kier alpha value is -3.80. The van der Waals surface area contributed by atoms with Crippen LogP contribution >= 0.6 is 0 Å². The van der Waals surface area contributed by atoms with Crippen LogP contribution in [0.3, 0.4) is 0 Å². The number of amides is 1. The summed E-state index contributed by atoms with van der Waals surface area (Å²) in [6.45, 7) is 5.88. The molecule has 0 bridgehead atoms. The fourth-order valence-electron chi connectivity index (χ4n) is 3.08. The highest BCUT2D eigenvalue weighted by Gasteiger charge is 2.12. The Bertz CT molecular complexity index is 1210. The number of hydrogen-bond acceptors (Lipinski definition) is 5. The number of nitrogens with zero attached hydrogens (tertiary/aromatic N) is 3. The van der Waals surface area contributed by atoms with E-state index in [1.807, 2.05) is 69.3 Å². The van der Waals surface area contributed by atoms with Crippen LogP contribution < -0.4 is 10.6 Å². The van der Waals surface area contributed by atoms with E-state index in [2.05, 4.69) is 25.6 Å². The lowest BCUT2D eigenvalue weighted by Gasteiger charge is -2.11. The lowest BCUT2D eigenvalue weighted by Crippen LogP contribution is -2.15. The third-order valence-corrected chi connectivity index (χ3v) is 4.73. The predicted molar refractivity (Wildman–Crippen MR) is 116 cm³/mol. The van der Waals surface area contributed by atoms with Gasteiger partial charge in [0.25, 0.3) is 5.91 Å². The lowest BCUT2D eigenvalue weighted by atomic mass is 10.1. The van der Waals surface area contributed by atoms with E-state index in [4.69, 9.17) is 0 Å². The molecule has 0 saturated carbocycles. The molecule has 0 aliphatic rings. The van der Waals surface area contributed by atoms with Gasteiger partial charge in [0.15, 0.2) is 0 Å². The molecule has 2 N–H and O–H groups in total. The number of fused-ring (bicyclic) bond motifs is 1. The molecule has 2 aromatic heterocycles. The maximum atomic E-state index is 12.7. The van der Waals surface area contributed by atoms with Crippen molar-refractivity contribution in [1.29, 1.82) is 0 Å². The van der Waals surface area contributed by atoms with Gasteiger partial charge in [-0.3, -0.25) is 9.78 Å². The van der Waals surface area contributed by atoms with Crippen LogP contribution in [0.5, 0.6) is 0 Å². The molecular weight excluding hydrogens is 362 g/mol. The average molecular weight is 383 g/mol. The van der Waals surface area contributed by atoms with E-state index in [-0.39, 0.29) is 5.91 Å². The summed E-state index contributed by atoms with van der Waals surface area (Å²) in [7, 11) is 0. The van der Waals surface area contributed by atoms with E-state index in [0.717, 1.165) is 27.8 Å². The van der Waals surface area contributed by atoms with Gasteiger partial charge in [-0.1, -0.05) is 24.3 Å². The Kier molecular flexibility index (Phi) is 4.91. The maximum Gasteiger partial charge on any atom is 0.274 e. The van der Waals surface area contributed by atoms with Gasteiger partial charge < -0.3 is 10.6 Å². The van der Waals surface area contributed by atoms with Gasteiger partial charge in [0, 0.05) is 23.0 Å². The fraction of sp³-hybridized carbons (Fsp3) is 0.130. The number of aromatic nitrogens is 3. The molecule has 29 heavy (non-hydrogen) atoms. The smallest absolute Gasteiger partial charge is 0.274 e. The molecule has 2 heterocycles. The molecule has 0 atom stereocenters. The summed E-state index contributed by atoms with van der Waals surface area (Å²) in [4.78, 5) is 26.0. The summed E-state index contributed by atoms with van der Waals surface area (Å²) in [5, 5.41) is 7.12. The third-order valence-electron chi connectivity index (χ3n) is 4.73.